The number of aliphatic imine (C=N–C) groups is 1. The summed E-state index contributed by atoms with van der Waals surface area (Å²) >= 11 is 0. The van der Waals surface area contributed by atoms with Crippen LogP contribution in [0.5, 0.6) is 0 Å². The van der Waals surface area contributed by atoms with Crippen molar-refractivity contribution in [1.82, 2.24) is 5.32 Å². The first kappa shape index (κ1) is 14.7. The fourth-order valence-corrected chi connectivity index (χ4v) is 1.22. The molecule has 19 heavy (non-hydrogen) atoms. The van der Waals surface area contributed by atoms with Crippen LogP contribution in [-0.2, 0) is 9.47 Å². The smallest absolute Gasteiger partial charge is 0.435 e. The van der Waals surface area contributed by atoms with Crippen molar-refractivity contribution < 1.29 is 19.1 Å². The molecule has 0 aliphatic carbocycles. The second kappa shape index (κ2) is 7.86. The van der Waals surface area contributed by atoms with Crippen LogP contribution >= 0.6 is 0 Å². The monoisotopic (exact) mass is 263 g/mol. The highest BCUT2D eigenvalue weighted by atomic mass is 16.6. The van der Waals surface area contributed by atoms with Gasteiger partial charge in [-0.25, -0.2) is 9.59 Å². The summed E-state index contributed by atoms with van der Waals surface area (Å²) in [7, 11) is 0. The second-order valence-electron chi connectivity index (χ2n) is 3.29. The fraction of sp³-hybridized carbons (Fsp3) is 0.308. The Morgan fingerprint density at radius 3 is 2.42 bits per heavy atom. The lowest BCUT2D eigenvalue weighted by atomic mass is 10.2. The Morgan fingerprint density at radius 1 is 1.21 bits per heavy atom. The maximum Gasteiger partial charge on any atom is 0.435 e. The zero-order valence-corrected chi connectivity index (χ0v) is 10.8. The lowest BCUT2D eigenvalue weighted by molar-refractivity contribution is 0.157. The molecule has 0 bridgehead atoms. The highest BCUT2D eigenvalue weighted by Crippen LogP contribution is 2.01. The molecule has 1 rings (SSSR count). The van der Waals surface area contributed by atoms with Crippen LogP contribution in [0.2, 0.25) is 0 Å². The predicted molar refractivity (Wildman–Crippen MR) is 69.0 cm³/mol. The Labute approximate surface area is 111 Å². The molecule has 6 heteroatoms. The van der Waals surface area contributed by atoms with Gasteiger partial charge in [0.15, 0.2) is 0 Å². The lowest BCUT2D eigenvalue weighted by Gasteiger charge is -2.08. The average molecular weight is 263 g/mol. The van der Waals surface area contributed by atoms with E-state index in [9.17, 15) is 9.59 Å². The molecular formula is C13H15N2O4. The molecule has 1 aromatic rings. The first-order valence-corrected chi connectivity index (χ1v) is 5.83. The lowest BCUT2D eigenvalue weighted by Crippen LogP contribution is -2.32. The summed E-state index contributed by atoms with van der Waals surface area (Å²) < 4.78 is 9.45. The SMILES string of the molecule is CCOC(=O)/N=C(/NC(=O)OCC)c1cc[c]cc1. The van der Waals surface area contributed by atoms with Crippen molar-refractivity contribution >= 4 is 18.0 Å². The van der Waals surface area contributed by atoms with E-state index in [-0.39, 0.29) is 19.0 Å². The van der Waals surface area contributed by atoms with Crippen LogP contribution in [0.4, 0.5) is 9.59 Å². The minimum absolute atomic E-state index is 0.0749. The zero-order valence-electron chi connectivity index (χ0n) is 10.8. The number of nitrogens with one attached hydrogen (secondary N) is 1. The topological polar surface area (TPSA) is 77.0 Å². The molecule has 0 fully saturated rings. The number of ether oxygens (including phenoxy) is 2. The highest BCUT2D eigenvalue weighted by Gasteiger charge is 2.11. The number of amidine groups is 1. The number of rotatable bonds is 3. The summed E-state index contributed by atoms with van der Waals surface area (Å²) in [5.74, 6) is 0.0749. The molecule has 1 aromatic carbocycles. The molecule has 0 aromatic heterocycles. The van der Waals surface area contributed by atoms with Gasteiger partial charge in [-0.05, 0) is 19.9 Å². The van der Waals surface area contributed by atoms with Crippen LogP contribution in [0, 0.1) is 6.07 Å². The van der Waals surface area contributed by atoms with Crippen molar-refractivity contribution in [3.05, 3.63) is 35.9 Å². The standard InChI is InChI=1S/C13H15N2O4/c1-3-18-12(16)14-11(15-13(17)19-4-2)10-8-6-5-7-9-10/h6-9H,3-4H2,1-2H3,(H,14,15,16,17). The maximum absolute atomic E-state index is 11.4. The fourth-order valence-electron chi connectivity index (χ4n) is 1.22. The molecule has 1 N–H and O–H groups in total. The Hall–Kier alpha value is -2.37. The van der Waals surface area contributed by atoms with E-state index in [1.807, 2.05) is 0 Å². The third-order valence-electron chi connectivity index (χ3n) is 1.96. The van der Waals surface area contributed by atoms with Gasteiger partial charge in [0.05, 0.1) is 13.2 Å². The highest BCUT2D eigenvalue weighted by molar-refractivity contribution is 6.09. The maximum atomic E-state index is 11.4. The molecule has 0 saturated heterocycles. The molecule has 2 amide bonds. The molecule has 101 valence electrons. The van der Waals surface area contributed by atoms with Gasteiger partial charge in [0.25, 0.3) is 0 Å². The number of alkyl carbamates (subject to hydrolysis) is 1. The van der Waals surface area contributed by atoms with Gasteiger partial charge in [0.1, 0.15) is 5.84 Å². The summed E-state index contributed by atoms with van der Waals surface area (Å²) in [6.07, 6.45) is -1.46. The van der Waals surface area contributed by atoms with E-state index >= 15 is 0 Å². The van der Waals surface area contributed by atoms with E-state index in [2.05, 4.69) is 16.4 Å². The Bertz CT molecular complexity index is 457. The van der Waals surface area contributed by atoms with Crippen molar-refractivity contribution in [3.63, 3.8) is 0 Å². The predicted octanol–water partition coefficient (Wildman–Crippen LogP) is 2.14. The molecule has 0 aliphatic rings. The van der Waals surface area contributed by atoms with Crippen LogP contribution in [0.3, 0.4) is 0 Å². The average Bonchev–Trinajstić information content (AvgIpc) is 2.39. The molecule has 1 radical (unpaired) electrons. The first-order valence-electron chi connectivity index (χ1n) is 5.83. The van der Waals surface area contributed by atoms with E-state index in [0.717, 1.165) is 0 Å². The molecule has 0 aliphatic heterocycles. The van der Waals surface area contributed by atoms with Crippen molar-refractivity contribution in [2.45, 2.75) is 13.8 Å². The summed E-state index contributed by atoms with van der Waals surface area (Å²) in [6, 6.07) is 9.43. The van der Waals surface area contributed by atoms with Crippen molar-refractivity contribution in [2.75, 3.05) is 13.2 Å². The minimum atomic E-state index is -0.776. The third-order valence-corrected chi connectivity index (χ3v) is 1.96. The number of hydrogen-bond acceptors (Lipinski definition) is 4. The van der Waals surface area contributed by atoms with Gasteiger partial charge in [0.2, 0.25) is 0 Å². The summed E-state index contributed by atoms with van der Waals surface area (Å²) in [5.41, 5.74) is 0.555. The van der Waals surface area contributed by atoms with E-state index in [1.54, 1.807) is 38.1 Å². The van der Waals surface area contributed by atoms with E-state index in [0.29, 0.717) is 5.56 Å². The third kappa shape index (κ3) is 5.20. The van der Waals surface area contributed by atoms with Gasteiger partial charge in [-0.1, -0.05) is 24.3 Å². The number of carbonyl (C=O) groups excluding carboxylic acids is 2. The number of hydrogen-bond donors (Lipinski definition) is 1. The van der Waals surface area contributed by atoms with Gasteiger partial charge in [-0.3, -0.25) is 5.32 Å². The van der Waals surface area contributed by atoms with Crippen LogP contribution < -0.4 is 5.32 Å². The normalized spacial score (nSPS) is 10.7. The van der Waals surface area contributed by atoms with Crippen molar-refractivity contribution in [2.24, 2.45) is 4.99 Å². The van der Waals surface area contributed by atoms with Gasteiger partial charge in [-0.2, -0.15) is 4.99 Å². The van der Waals surface area contributed by atoms with Crippen LogP contribution in [0.1, 0.15) is 19.4 Å². The summed E-state index contributed by atoms with van der Waals surface area (Å²) in [4.78, 5) is 26.4. The van der Waals surface area contributed by atoms with Crippen molar-refractivity contribution in [3.8, 4) is 0 Å². The number of nitrogens with zero attached hydrogens (tertiary/aromatic N) is 1. The molecule has 0 unspecified atom stereocenters. The largest absolute Gasteiger partial charge is 0.450 e. The molecular weight excluding hydrogens is 248 g/mol. The Morgan fingerprint density at radius 2 is 1.84 bits per heavy atom. The van der Waals surface area contributed by atoms with E-state index < -0.39 is 12.2 Å². The van der Waals surface area contributed by atoms with Crippen LogP contribution in [0.25, 0.3) is 0 Å². The molecule has 0 saturated carbocycles. The number of benzene rings is 1. The summed E-state index contributed by atoms with van der Waals surface area (Å²) in [5, 5.41) is 2.40. The van der Waals surface area contributed by atoms with Gasteiger partial charge >= 0.3 is 12.2 Å². The quantitative estimate of drug-likeness (QED) is 0.669. The molecule has 0 spiro atoms. The molecule has 6 nitrogen and oxygen atoms in total. The van der Waals surface area contributed by atoms with Crippen LogP contribution in [-0.4, -0.2) is 31.2 Å². The summed E-state index contributed by atoms with van der Waals surface area (Å²) in [6.45, 7) is 3.78. The van der Waals surface area contributed by atoms with Gasteiger partial charge in [-0.15, -0.1) is 0 Å². The Kier molecular flexibility index (Phi) is 6.08. The molecule has 0 heterocycles. The first-order chi connectivity index (χ1) is 9.17. The molecule has 0 atom stereocenters. The number of carbonyl (C=O) groups is 2. The zero-order chi connectivity index (χ0) is 14.1. The van der Waals surface area contributed by atoms with E-state index in [4.69, 9.17) is 9.47 Å². The van der Waals surface area contributed by atoms with Gasteiger partial charge in [0, 0.05) is 5.56 Å². The van der Waals surface area contributed by atoms with Gasteiger partial charge < -0.3 is 9.47 Å². The number of amides is 2. The minimum Gasteiger partial charge on any atom is -0.450 e. The second-order valence-corrected chi connectivity index (χ2v) is 3.29. The Balaban J connectivity index is 2.91. The van der Waals surface area contributed by atoms with Crippen molar-refractivity contribution in [1.29, 1.82) is 0 Å². The van der Waals surface area contributed by atoms with Crippen LogP contribution in [0.15, 0.2) is 29.3 Å². The van der Waals surface area contributed by atoms with E-state index in [1.165, 1.54) is 0 Å².